The van der Waals surface area contributed by atoms with Crippen molar-refractivity contribution in [2.24, 2.45) is 11.8 Å². The summed E-state index contributed by atoms with van der Waals surface area (Å²) in [5.41, 5.74) is 0. The van der Waals surface area contributed by atoms with Gasteiger partial charge >= 0.3 is 0 Å². The zero-order valence-electron chi connectivity index (χ0n) is 12.8. The number of unbranched alkanes of at least 4 members (excludes halogenated alkanes) is 6. The maximum absolute atomic E-state index is 2.44. The van der Waals surface area contributed by atoms with Gasteiger partial charge in [0.25, 0.3) is 0 Å². The third-order valence-electron chi connectivity index (χ3n) is 4.57. The second kappa shape index (κ2) is 10.6. The molecule has 0 aromatic heterocycles. The van der Waals surface area contributed by atoms with E-state index < -0.39 is 0 Å². The summed E-state index contributed by atoms with van der Waals surface area (Å²) in [5, 5.41) is 0. The molecule has 1 rings (SSSR count). The maximum Gasteiger partial charge on any atom is -0.0319 e. The van der Waals surface area contributed by atoms with Crippen LogP contribution in [-0.4, -0.2) is 0 Å². The van der Waals surface area contributed by atoms with Gasteiger partial charge in [0.1, 0.15) is 0 Å². The van der Waals surface area contributed by atoms with E-state index in [1.807, 2.05) is 0 Å². The van der Waals surface area contributed by atoms with E-state index in [1.165, 1.54) is 77.0 Å². The predicted molar refractivity (Wildman–Crippen MR) is 82.9 cm³/mol. The van der Waals surface area contributed by atoms with Gasteiger partial charge in [-0.15, -0.1) is 0 Å². The molecule has 0 fully saturated rings. The average Bonchev–Trinajstić information content (AvgIpc) is 2.41. The topological polar surface area (TPSA) is 0 Å². The molecule has 2 unspecified atom stereocenters. The van der Waals surface area contributed by atoms with Crippen molar-refractivity contribution in [2.75, 3.05) is 0 Å². The molecule has 0 spiro atoms. The van der Waals surface area contributed by atoms with Crippen LogP contribution in [0.1, 0.15) is 90.9 Å². The second-order valence-corrected chi connectivity index (χ2v) is 6.16. The van der Waals surface area contributed by atoms with Crippen molar-refractivity contribution in [3.8, 4) is 0 Å². The first-order valence-corrected chi connectivity index (χ1v) is 8.53. The lowest BCUT2D eigenvalue weighted by Crippen LogP contribution is -2.17. The molecule has 0 N–H and O–H groups in total. The first-order chi connectivity index (χ1) is 8.88. The number of rotatable bonds is 10. The second-order valence-electron chi connectivity index (χ2n) is 6.16. The molecule has 0 aromatic rings. The summed E-state index contributed by atoms with van der Waals surface area (Å²) in [5.74, 6) is 2.02. The fourth-order valence-corrected chi connectivity index (χ4v) is 3.30. The first-order valence-electron chi connectivity index (χ1n) is 8.53. The van der Waals surface area contributed by atoms with E-state index in [0.717, 1.165) is 11.8 Å². The Balaban J connectivity index is 2.18. The fraction of sp³-hybridized carbons (Fsp3) is 0.889. The van der Waals surface area contributed by atoms with E-state index in [0.29, 0.717) is 0 Å². The van der Waals surface area contributed by atoms with Gasteiger partial charge in [-0.2, -0.15) is 0 Å². The molecule has 0 heterocycles. The van der Waals surface area contributed by atoms with Gasteiger partial charge < -0.3 is 0 Å². The van der Waals surface area contributed by atoms with Gasteiger partial charge in [-0.05, 0) is 37.5 Å². The van der Waals surface area contributed by atoms with Crippen molar-refractivity contribution in [1.82, 2.24) is 0 Å². The molecule has 18 heavy (non-hydrogen) atoms. The molecule has 0 aromatic carbocycles. The number of hydrogen-bond donors (Lipinski definition) is 0. The zero-order chi connectivity index (χ0) is 13.1. The number of allylic oxidation sites excluding steroid dienone is 2. The van der Waals surface area contributed by atoms with Gasteiger partial charge in [0.2, 0.25) is 0 Å². The third kappa shape index (κ3) is 6.61. The average molecular weight is 250 g/mol. The van der Waals surface area contributed by atoms with E-state index >= 15 is 0 Å². The molecule has 1 aliphatic carbocycles. The predicted octanol–water partition coefficient (Wildman–Crippen LogP) is 6.51. The molecule has 0 amide bonds. The van der Waals surface area contributed by atoms with E-state index in [-0.39, 0.29) is 0 Å². The summed E-state index contributed by atoms with van der Waals surface area (Å²) >= 11 is 0. The van der Waals surface area contributed by atoms with Gasteiger partial charge in [-0.3, -0.25) is 0 Å². The van der Waals surface area contributed by atoms with Crippen molar-refractivity contribution in [3.63, 3.8) is 0 Å². The van der Waals surface area contributed by atoms with Gasteiger partial charge in [0.15, 0.2) is 0 Å². The number of hydrogen-bond acceptors (Lipinski definition) is 0. The lowest BCUT2D eigenvalue weighted by Gasteiger charge is -2.28. The van der Waals surface area contributed by atoms with Crippen LogP contribution in [0.3, 0.4) is 0 Å². The zero-order valence-corrected chi connectivity index (χ0v) is 12.8. The van der Waals surface area contributed by atoms with Crippen LogP contribution in [-0.2, 0) is 0 Å². The molecule has 0 heteroatoms. The highest BCUT2D eigenvalue weighted by Gasteiger charge is 2.21. The summed E-state index contributed by atoms with van der Waals surface area (Å²) in [4.78, 5) is 0. The standard InChI is InChI=1S/C18H34/c1-3-5-7-9-13-17-15-11-12-16-18(17)14-10-8-6-4-2/h11-12,17-18H,3-10,13-16H2,1-2H3. The summed E-state index contributed by atoms with van der Waals surface area (Å²) in [6.45, 7) is 4.61. The first kappa shape index (κ1) is 15.8. The van der Waals surface area contributed by atoms with E-state index in [2.05, 4.69) is 26.0 Å². The fourth-order valence-electron chi connectivity index (χ4n) is 3.30. The molecule has 1 aliphatic rings. The highest BCUT2D eigenvalue weighted by molar-refractivity contribution is 4.94. The third-order valence-corrected chi connectivity index (χ3v) is 4.57. The van der Waals surface area contributed by atoms with Crippen LogP contribution in [0, 0.1) is 11.8 Å². The molecule has 0 bridgehead atoms. The summed E-state index contributed by atoms with van der Waals surface area (Å²) in [6.07, 6.45) is 22.0. The van der Waals surface area contributed by atoms with Gasteiger partial charge in [-0.1, -0.05) is 77.4 Å². The largest absolute Gasteiger partial charge is 0.0882 e. The van der Waals surface area contributed by atoms with Crippen LogP contribution in [0.25, 0.3) is 0 Å². The molecule has 0 radical (unpaired) electrons. The van der Waals surface area contributed by atoms with E-state index in [9.17, 15) is 0 Å². The minimum Gasteiger partial charge on any atom is -0.0882 e. The minimum atomic E-state index is 1.01. The highest BCUT2D eigenvalue weighted by Crippen LogP contribution is 2.33. The lowest BCUT2D eigenvalue weighted by atomic mass is 9.77. The SMILES string of the molecule is CCCCCCC1CC=CCC1CCCCCC. The monoisotopic (exact) mass is 250 g/mol. The van der Waals surface area contributed by atoms with Gasteiger partial charge in [0.05, 0.1) is 0 Å². The van der Waals surface area contributed by atoms with E-state index in [4.69, 9.17) is 0 Å². The molecule has 2 atom stereocenters. The van der Waals surface area contributed by atoms with Crippen molar-refractivity contribution in [3.05, 3.63) is 12.2 Å². The summed E-state index contributed by atoms with van der Waals surface area (Å²) in [6, 6.07) is 0. The Labute approximate surface area is 115 Å². The molecule has 106 valence electrons. The Kier molecular flexibility index (Phi) is 9.34. The van der Waals surface area contributed by atoms with Crippen molar-refractivity contribution in [1.29, 1.82) is 0 Å². The highest BCUT2D eigenvalue weighted by atomic mass is 14.3. The van der Waals surface area contributed by atoms with E-state index in [1.54, 1.807) is 0 Å². The molecular weight excluding hydrogens is 216 g/mol. The summed E-state index contributed by atoms with van der Waals surface area (Å²) in [7, 11) is 0. The Morgan fingerprint density at radius 3 is 1.50 bits per heavy atom. The van der Waals surface area contributed by atoms with Crippen LogP contribution in [0.4, 0.5) is 0 Å². The van der Waals surface area contributed by atoms with Crippen molar-refractivity contribution < 1.29 is 0 Å². The maximum atomic E-state index is 2.44. The van der Waals surface area contributed by atoms with Crippen molar-refractivity contribution in [2.45, 2.75) is 90.9 Å². The lowest BCUT2D eigenvalue weighted by molar-refractivity contribution is 0.271. The van der Waals surface area contributed by atoms with Crippen LogP contribution in [0.15, 0.2) is 12.2 Å². The normalized spacial score (nSPS) is 23.4. The van der Waals surface area contributed by atoms with Crippen LogP contribution in [0.5, 0.6) is 0 Å². The quantitative estimate of drug-likeness (QED) is 0.306. The molecule has 0 saturated carbocycles. The van der Waals surface area contributed by atoms with Crippen molar-refractivity contribution >= 4 is 0 Å². The van der Waals surface area contributed by atoms with Gasteiger partial charge in [-0.25, -0.2) is 0 Å². The Morgan fingerprint density at radius 1 is 0.667 bits per heavy atom. The Hall–Kier alpha value is -0.260. The van der Waals surface area contributed by atoms with Crippen LogP contribution >= 0.6 is 0 Å². The molecule has 0 aliphatic heterocycles. The van der Waals surface area contributed by atoms with Crippen LogP contribution in [0.2, 0.25) is 0 Å². The molecule has 0 saturated heterocycles. The Morgan fingerprint density at radius 2 is 1.11 bits per heavy atom. The Bertz CT molecular complexity index is 182. The van der Waals surface area contributed by atoms with Gasteiger partial charge in [0, 0.05) is 0 Å². The smallest absolute Gasteiger partial charge is 0.0319 e. The summed E-state index contributed by atoms with van der Waals surface area (Å²) < 4.78 is 0. The minimum absolute atomic E-state index is 1.01. The molecule has 0 nitrogen and oxygen atoms in total. The van der Waals surface area contributed by atoms with Crippen LogP contribution < -0.4 is 0 Å². The molecular formula is C18H34.